The molecule has 146 valence electrons. The fourth-order valence-electron chi connectivity index (χ4n) is 3.29. The predicted octanol–water partition coefficient (Wildman–Crippen LogP) is 5.19. The van der Waals surface area contributed by atoms with Crippen LogP contribution in [0.4, 0.5) is 0 Å². The third kappa shape index (κ3) is 15.4. The van der Waals surface area contributed by atoms with E-state index < -0.39 is 6.10 Å². The molecule has 0 saturated heterocycles. The van der Waals surface area contributed by atoms with Crippen LogP contribution in [-0.2, 0) is 0 Å². The van der Waals surface area contributed by atoms with Crippen LogP contribution in [0.3, 0.4) is 0 Å². The van der Waals surface area contributed by atoms with Gasteiger partial charge < -0.3 is 15.5 Å². The molecule has 3 N–H and O–H groups in total. The highest BCUT2D eigenvalue weighted by molar-refractivity contribution is 4.76. The van der Waals surface area contributed by atoms with Crippen LogP contribution in [0.25, 0.3) is 0 Å². The van der Waals surface area contributed by atoms with Crippen LogP contribution in [0.2, 0.25) is 0 Å². The summed E-state index contributed by atoms with van der Waals surface area (Å²) < 4.78 is 0. The summed E-state index contributed by atoms with van der Waals surface area (Å²) in [6.45, 7) is 6.37. The maximum absolute atomic E-state index is 10.1. The van der Waals surface area contributed by atoms with Crippen molar-refractivity contribution in [3.05, 3.63) is 0 Å². The third-order valence-electron chi connectivity index (χ3n) is 4.81. The highest BCUT2D eigenvalue weighted by Crippen LogP contribution is 2.14. The summed E-state index contributed by atoms with van der Waals surface area (Å²) in [5, 5.41) is 22.7. The van der Waals surface area contributed by atoms with Gasteiger partial charge in [-0.1, -0.05) is 104 Å². The highest BCUT2D eigenvalue weighted by Gasteiger charge is 2.18. The molecule has 0 aliphatic carbocycles. The normalized spacial score (nSPS) is 14.2. The average Bonchev–Trinajstić information content (AvgIpc) is 2.56. The molecular formula is C21H45NO2. The van der Waals surface area contributed by atoms with Crippen molar-refractivity contribution in [2.45, 2.75) is 129 Å². The van der Waals surface area contributed by atoms with Gasteiger partial charge in [0.2, 0.25) is 0 Å². The first-order valence-electron chi connectivity index (χ1n) is 10.7. The molecule has 0 spiro atoms. The molecule has 2 atom stereocenters. The van der Waals surface area contributed by atoms with Gasteiger partial charge in [-0.15, -0.1) is 0 Å². The van der Waals surface area contributed by atoms with Gasteiger partial charge in [0.15, 0.2) is 0 Å². The molecule has 0 unspecified atom stereocenters. The first-order chi connectivity index (χ1) is 11.6. The summed E-state index contributed by atoms with van der Waals surface area (Å²) in [6.07, 6.45) is 17.9. The molecule has 0 aromatic heterocycles. The topological polar surface area (TPSA) is 52.5 Å². The molecule has 0 rings (SSSR count). The minimum absolute atomic E-state index is 0.0117. The molecule has 0 amide bonds. The van der Waals surface area contributed by atoms with Gasteiger partial charge in [0.05, 0.1) is 18.8 Å². The molecule has 3 heteroatoms. The zero-order valence-electron chi connectivity index (χ0n) is 16.7. The van der Waals surface area contributed by atoms with Gasteiger partial charge in [-0.25, -0.2) is 0 Å². The summed E-state index contributed by atoms with van der Waals surface area (Å²) in [4.78, 5) is 0. The van der Waals surface area contributed by atoms with E-state index in [9.17, 15) is 10.2 Å². The summed E-state index contributed by atoms with van der Waals surface area (Å²) in [5.74, 6) is 0. The summed E-state index contributed by atoms with van der Waals surface area (Å²) in [7, 11) is 0. The molecule has 0 aromatic rings. The second-order valence-electron chi connectivity index (χ2n) is 7.71. The highest BCUT2D eigenvalue weighted by atomic mass is 16.3. The Morgan fingerprint density at radius 1 is 0.708 bits per heavy atom. The molecule has 24 heavy (non-hydrogen) atoms. The van der Waals surface area contributed by atoms with Crippen molar-refractivity contribution >= 4 is 0 Å². The maximum Gasteiger partial charge on any atom is 0.0715 e. The number of aliphatic hydroxyl groups excluding tert-OH is 2. The van der Waals surface area contributed by atoms with Gasteiger partial charge in [-0.2, -0.15) is 0 Å². The van der Waals surface area contributed by atoms with Crippen LogP contribution in [0.5, 0.6) is 0 Å². The van der Waals surface area contributed by atoms with E-state index in [-0.39, 0.29) is 12.6 Å². The standard InChI is InChI=1S/C21H45NO2/c1-4-5-6-7-8-9-10-11-12-13-14-15-16-17-21(24)20(18-23)22-19(2)3/h19-24H,4-18H2,1-3H3/t20-,21-/m0/s1. The largest absolute Gasteiger partial charge is 0.395 e. The minimum Gasteiger partial charge on any atom is -0.395 e. The SMILES string of the molecule is CCCCCCCCCCCCCCC[C@H](O)[C@H](CO)NC(C)C. The van der Waals surface area contributed by atoms with Crippen LogP contribution in [0.1, 0.15) is 111 Å². The minimum atomic E-state index is -0.426. The van der Waals surface area contributed by atoms with Gasteiger partial charge in [-0.3, -0.25) is 0 Å². The Kier molecular flexibility index (Phi) is 17.6. The van der Waals surface area contributed by atoms with Crippen molar-refractivity contribution in [2.24, 2.45) is 0 Å². The molecule has 0 saturated carbocycles. The van der Waals surface area contributed by atoms with Gasteiger partial charge in [0.1, 0.15) is 0 Å². The fraction of sp³-hybridized carbons (Fsp3) is 1.00. The van der Waals surface area contributed by atoms with Crippen LogP contribution in [0, 0.1) is 0 Å². The van der Waals surface area contributed by atoms with Gasteiger partial charge in [0, 0.05) is 6.04 Å². The van der Waals surface area contributed by atoms with E-state index in [1.807, 2.05) is 13.8 Å². The first kappa shape index (κ1) is 23.9. The smallest absolute Gasteiger partial charge is 0.0715 e. The van der Waals surface area contributed by atoms with Crippen molar-refractivity contribution in [1.82, 2.24) is 5.32 Å². The lowest BCUT2D eigenvalue weighted by molar-refractivity contribution is 0.0771. The third-order valence-corrected chi connectivity index (χ3v) is 4.81. The molecule has 0 aliphatic rings. The van der Waals surface area contributed by atoms with E-state index in [0.717, 1.165) is 12.8 Å². The maximum atomic E-state index is 10.1. The zero-order valence-corrected chi connectivity index (χ0v) is 16.7. The van der Waals surface area contributed by atoms with Crippen molar-refractivity contribution in [2.75, 3.05) is 6.61 Å². The second kappa shape index (κ2) is 17.7. The Bertz CT molecular complexity index is 246. The molecule has 3 nitrogen and oxygen atoms in total. The fourth-order valence-corrected chi connectivity index (χ4v) is 3.29. The number of unbranched alkanes of at least 4 members (excludes halogenated alkanes) is 12. The Balaban J connectivity index is 3.32. The van der Waals surface area contributed by atoms with Crippen LogP contribution >= 0.6 is 0 Å². The lowest BCUT2D eigenvalue weighted by Gasteiger charge is -2.24. The molecule has 0 aliphatic heterocycles. The summed E-state index contributed by atoms with van der Waals surface area (Å²) in [6, 6.07) is 0.116. The summed E-state index contributed by atoms with van der Waals surface area (Å²) >= 11 is 0. The number of hydrogen-bond acceptors (Lipinski definition) is 3. The van der Waals surface area contributed by atoms with E-state index in [2.05, 4.69) is 12.2 Å². The van der Waals surface area contributed by atoms with Crippen LogP contribution in [-0.4, -0.2) is 35.0 Å². The van der Waals surface area contributed by atoms with Crippen molar-refractivity contribution in [3.63, 3.8) is 0 Å². The number of nitrogens with one attached hydrogen (secondary N) is 1. The molecule has 0 fully saturated rings. The second-order valence-corrected chi connectivity index (χ2v) is 7.71. The van der Waals surface area contributed by atoms with E-state index in [0.29, 0.717) is 6.04 Å². The van der Waals surface area contributed by atoms with Gasteiger partial charge >= 0.3 is 0 Å². The zero-order chi connectivity index (χ0) is 18.0. The van der Waals surface area contributed by atoms with Crippen LogP contribution < -0.4 is 5.32 Å². The van der Waals surface area contributed by atoms with E-state index >= 15 is 0 Å². The number of rotatable bonds is 18. The molecule has 0 bridgehead atoms. The van der Waals surface area contributed by atoms with Crippen LogP contribution in [0.15, 0.2) is 0 Å². The average molecular weight is 344 g/mol. The molecule has 0 radical (unpaired) electrons. The van der Waals surface area contributed by atoms with Crippen molar-refractivity contribution in [1.29, 1.82) is 0 Å². The molecule has 0 heterocycles. The first-order valence-corrected chi connectivity index (χ1v) is 10.7. The predicted molar refractivity (Wildman–Crippen MR) is 105 cm³/mol. The Morgan fingerprint density at radius 2 is 1.12 bits per heavy atom. The van der Waals surface area contributed by atoms with E-state index in [1.165, 1.54) is 77.0 Å². The number of aliphatic hydroxyl groups is 2. The Morgan fingerprint density at radius 3 is 1.50 bits per heavy atom. The monoisotopic (exact) mass is 343 g/mol. The van der Waals surface area contributed by atoms with Gasteiger partial charge in [0.25, 0.3) is 0 Å². The lowest BCUT2D eigenvalue weighted by Crippen LogP contribution is -2.45. The molecular weight excluding hydrogens is 298 g/mol. The van der Waals surface area contributed by atoms with Crippen molar-refractivity contribution in [3.8, 4) is 0 Å². The summed E-state index contributed by atoms with van der Waals surface area (Å²) in [5.41, 5.74) is 0. The van der Waals surface area contributed by atoms with E-state index in [4.69, 9.17) is 0 Å². The van der Waals surface area contributed by atoms with E-state index in [1.54, 1.807) is 0 Å². The quantitative estimate of drug-likeness (QED) is 0.300. The van der Waals surface area contributed by atoms with Crippen molar-refractivity contribution < 1.29 is 10.2 Å². The lowest BCUT2D eigenvalue weighted by atomic mass is 10.0. The molecule has 0 aromatic carbocycles. The Hall–Kier alpha value is -0.120. The van der Waals surface area contributed by atoms with Gasteiger partial charge in [-0.05, 0) is 6.42 Å². The number of hydrogen-bond donors (Lipinski definition) is 3. The Labute approximate surface area is 151 Å².